The number of rotatable bonds is 0. The molecule has 0 bridgehead atoms. The minimum absolute atomic E-state index is 0. The maximum Gasteiger partial charge on any atom is 0 e. The van der Waals surface area contributed by atoms with Gasteiger partial charge in [-0.3, -0.25) is 5.92 Å². The summed E-state index contributed by atoms with van der Waals surface area (Å²) in [5, 5.41) is 0. The number of hydrogen-bond donors (Lipinski definition) is 0. The first-order valence-corrected chi connectivity index (χ1v) is 9.60. The fourth-order valence-electron chi connectivity index (χ4n) is 2.25. The number of hydrogen-bond acceptors (Lipinski definition) is 0. The minimum atomic E-state index is 0. The molecule has 0 heterocycles. The van der Waals surface area contributed by atoms with E-state index in [4.69, 9.17) is 18.9 Å². The van der Waals surface area contributed by atoms with Crippen molar-refractivity contribution in [2.45, 2.75) is 34.6 Å². The van der Waals surface area contributed by atoms with Gasteiger partial charge in [0.1, 0.15) is 0 Å². The van der Waals surface area contributed by atoms with E-state index in [1.165, 1.54) is 29.6 Å². The van der Waals surface area contributed by atoms with E-state index in [1.807, 2.05) is 62.4 Å². The zero-order chi connectivity index (χ0) is 23.2. The fourth-order valence-corrected chi connectivity index (χ4v) is 2.25. The van der Waals surface area contributed by atoms with Crippen LogP contribution in [-0.2, 0) is 52.6 Å². The SMILES string of the molecule is C[C]1[C](C)[C](C)[C](C)[C]1C.[C-]#Cc1ccccc1.[C-]#[O+].[C-]#[O+].[CH]1[CH][CH][CH][CH]1.[O+]#[W].[Re]. The fraction of sp³-hybridized carbons (Fsp3) is 0.200. The maximum absolute atomic E-state index is 8.33. The molecule has 0 amide bonds. The Morgan fingerprint density at radius 3 is 1.00 bits per heavy atom. The van der Waals surface area contributed by atoms with Crippen LogP contribution in [0.15, 0.2) is 30.3 Å². The molecule has 0 saturated heterocycles. The van der Waals surface area contributed by atoms with E-state index < -0.39 is 0 Å². The van der Waals surface area contributed by atoms with Crippen LogP contribution >= 0.6 is 0 Å². The van der Waals surface area contributed by atoms with Gasteiger partial charge in [0, 0.05) is 20.4 Å². The van der Waals surface area contributed by atoms with Crippen LogP contribution in [0.25, 0.3) is 0 Å². The first-order valence-electron chi connectivity index (χ1n) is 8.40. The van der Waals surface area contributed by atoms with Crippen LogP contribution in [0.2, 0.25) is 0 Å². The summed E-state index contributed by atoms with van der Waals surface area (Å²) in [7, 11) is 0. The van der Waals surface area contributed by atoms with Gasteiger partial charge in [-0.2, -0.15) is 0 Å². The van der Waals surface area contributed by atoms with Gasteiger partial charge in [-0.1, -0.05) is 52.8 Å². The van der Waals surface area contributed by atoms with E-state index >= 15 is 0 Å². The third kappa shape index (κ3) is 16.3. The third-order valence-electron chi connectivity index (χ3n) is 4.29. The molecule has 0 aliphatic heterocycles. The Morgan fingerprint density at radius 2 is 0.833 bits per heavy atom. The molecule has 1 aromatic carbocycles. The topological polar surface area (TPSA) is 59.7 Å². The van der Waals surface area contributed by atoms with Crippen LogP contribution in [0.3, 0.4) is 0 Å². The smallest absolute Gasteiger partial charge is 0 e. The zero-order valence-corrected chi connectivity index (χ0v) is 23.4. The largest absolute Gasteiger partial charge is 0 e. The molecule has 5 heteroatoms. The Balaban J connectivity index is -0.000000152. The predicted molar refractivity (Wildman–Crippen MR) is 107 cm³/mol. The first kappa shape index (κ1) is 36.9. The molecule has 3 nitrogen and oxygen atoms in total. The van der Waals surface area contributed by atoms with E-state index in [1.54, 1.807) is 0 Å². The van der Waals surface area contributed by atoms with Gasteiger partial charge < -0.3 is 6.42 Å². The first-order chi connectivity index (χ1) is 14.0. The summed E-state index contributed by atoms with van der Waals surface area (Å²) in [6, 6.07) is 9.37. The van der Waals surface area contributed by atoms with Crippen molar-refractivity contribution in [2.75, 3.05) is 0 Å². The van der Waals surface area contributed by atoms with E-state index in [0.29, 0.717) is 19.6 Å². The Labute approximate surface area is 209 Å². The van der Waals surface area contributed by atoms with Crippen LogP contribution in [0.1, 0.15) is 40.2 Å². The van der Waals surface area contributed by atoms with Gasteiger partial charge in [0.2, 0.25) is 0 Å². The van der Waals surface area contributed by atoms with Crippen molar-refractivity contribution >= 4 is 0 Å². The monoisotopic (exact) mass is 744 g/mol. The average Bonchev–Trinajstić information content (AvgIpc) is 3.46. The van der Waals surface area contributed by atoms with Crippen LogP contribution in [0.4, 0.5) is 0 Å². The summed E-state index contributed by atoms with van der Waals surface area (Å²) < 4.78 is 23.3. The molecule has 2 aliphatic rings. The van der Waals surface area contributed by atoms with Crippen molar-refractivity contribution in [2.24, 2.45) is 0 Å². The second-order valence-corrected chi connectivity index (χ2v) is 5.58. The molecule has 0 spiro atoms. The Morgan fingerprint density at radius 1 is 0.600 bits per heavy atom. The Kier molecular flexibility index (Phi) is 32.7. The molecule has 1 aromatic rings. The van der Waals surface area contributed by atoms with Crippen molar-refractivity contribution in [1.82, 2.24) is 0 Å². The normalized spacial score (nSPS) is 15.8. The van der Waals surface area contributed by atoms with Crippen molar-refractivity contribution in [3.8, 4) is 5.92 Å². The van der Waals surface area contributed by atoms with Crippen LogP contribution in [0, 0.1) is 87.3 Å². The second-order valence-electron chi connectivity index (χ2n) is 5.58. The van der Waals surface area contributed by atoms with Gasteiger partial charge in [-0.25, -0.2) is 0 Å². The van der Waals surface area contributed by atoms with Crippen molar-refractivity contribution in [3.63, 3.8) is 0 Å². The van der Waals surface area contributed by atoms with Gasteiger partial charge in [0.25, 0.3) is 0 Å². The van der Waals surface area contributed by atoms with E-state index in [9.17, 15) is 0 Å². The molecule has 0 aromatic heterocycles. The van der Waals surface area contributed by atoms with E-state index in [2.05, 4.69) is 53.8 Å². The van der Waals surface area contributed by atoms with Crippen LogP contribution < -0.4 is 0 Å². The van der Waals surface area contributed by atoms with Crippen molar-refractivity contribution in [1.29, 1.82) is 0 Å². The quantitative estimate of drug-likeness (QED) is 0.194. The Bertz CT molecular complexity index is 521. The average molecular weight is 744 g/mol. The summed E-state index contributed by atoms with van der Waals surface area (Å²) in [5.74, 6) is 9.61. The van der Waals surface area contributed by atoms with Gasteiger partial charge >= 0.3 is 45.4 Å². The molecular formula is C25H25O3ReW. The van der Waals surface area contributed by atoms with Gasteiger partial charge in [0.15, 0.2) is 0 Å². The van der Waals surface area contributed by atoms with Gasteiger partial charge in [0.05, 0.1) is 0 Å². The molecule has 156 valence electrons. The molecule has 2 saturated carbocycles. The third-order valence-corrected chi connectivity index (χ3v) is 4.29. The summed E-state index contributed by atoms with van der Waals surface area (Å²) in [5.41, 5.74) is 0.826. The molecule has 3 rings (SSSR count). The van der Waals surface area contributed by atoms with Gasteiger partial charge in [-0.15, -0.1) is 17.7 Å². The summed E-state index contributed by atoms with van der Waals surface area (Å²) in [6.07, 6.45) is 16.7. The van der Waals surface area contributed by atoms with E-state index in [0.717, 1.165) is 5.56 Å². The molecule has 0 atom stereocenters. The Hall–Kier alpha value is -0.429. The second kappa shape index (κ2) is 26.6. The van der Waals surface area contributed by atoms with Crippen molar-refractivity contribution < 1.29 is 52.6 Å². The molecule has 2 fully saturated rings. The molecule has 0 unspecified atom stereocenters. The van der Waals surface area contributed by atoms with E-state index in [-0.39, 0.29) is 20.4 Å². The summed E-state index contributed by atoms with van der Waals surface area (Å²) >= 11 is 0.333. The summed E-state index contributed by atoms with van der Waals surface area (Å²) in [6.45, 7) is 20.0. The zero-order valence-electron chi connectivity index (χ0n) is 17.8. The van der Waals surface area contributed by atoms with Crippen LogP contribution in [0.5, 0.6) is 0 Å². The van der Waals surface area contributed by atoms with Crippen LogP contribution in [-0.4, -0.2) is 0 Å². The summed E-state index contributed by atoms with van der Waals surface area (Å²) in [4.78, 5) is 0. The maximum atomic E-state index is 8.33. The molecule has 0 N–H and O–H groups in total. The molecular weight excluding hydrogens is 718 g/mol. The number of benzene rings is 1. The molecule has 11 radical (unpaired) electrons. The van der Waals surface area contributed by atoms with Gasteiger partial charge in [-0.05, 0) is 61.7 Å². The van der Waals surface area contributed by atoms with Crippen molar-refractivity contribution in [3.05, 3.63) is 117 Å². The minimum Gasteiger partial charge on any atom is 0 e. The molecule has 30 heavy (non-hydrogen) atoms. The predicted octanol–water partition coefficient (Wildman–Crippen LogP) is 5.42. The standard InChI is InChI=1S/C10H15.C8H5.C5H5.2CO.O.Re.W/c1-6-7(2)9(4)10(5)8(6)3;1-2-8-6-4-3-5-7-8;1-2-4-5-3-1;2*1-2;;;/h1-5H3;3-7H;1-5H;;;;;/q;-1;;;;+1;;. The molecule has 2 aliphatic carbocycles.